The van der Waals surface area contributed by atoms with Crippen molar-refractivity contribution in [3.05, 3.63) is 70.2 Å². The van der Waals surface area contributed by atoms with E-state index in [0.717, 1.165) is 30.3 Å². The Morgan fingerprint density at radius 1 is 1.09 bits per heavy atom. The van der Waals surface area contributed by atoms with E-state index in [2.05, 4.69) is 0 Å². The predicted octanol–water partition coefficient (Wildman–Crippen LogP) is 2.88. The normalized spacial score (nSPS) is 11.2. The van der Waals surface area contributed by atoms with E-state index in [1.807, 2.05) is 4.72 Å². The van der Waals surface area contributed by atoms with Crippen LogP contribution in [0, 0.1) is 11.6 Å². The summed E-state index contributed by atoms with van der Waals surface area (Å²) in [7, 11) is -4.02. The highest BCUT2D eigenvalue weighted by Crippen LogP contribution is 2.17. The molecule has 0 aromatic heterocycles. The molecule has 0 bridgehead atoms. The summed E-state index contributed by atoms with van der Waals surface area (Å²) in [6, 6.07) is 7.93. The van der Waals surface area contributed by atoms with Gasteiger partial charge in [-0.3, -0.25) is 4.79 Å². The van der Waals surface area contributed by atoms with Crippen LogP contribution in [0.15, 0.2) is 42.5 Å². The summed E-state index contributed by atoms with van der Waals surface area (Å²) >= 11 is 5.50. The summed E-state index contributed by atoms with van der Waals surface area (Å²) < 4.78 is 51.6. The maximum atomic E-state index is 13.3. The Labute approximate surface area is 130 Å². The molecule has 0 unspecified atom stereocenters. The molecular formula is C14H10ClF2NO3S. The summed E-state index contributed by atoms with van der Waals surface area (Å²) in [4.78, 5) is 11.8. The van der Waals surface area contributed by atoms with Gasteiger partial charge in [0.25, 0.3) is 5.91 Å². The molecule has 1 N–H and O–H groups in total. The van der Waals surface area contributed by atoms with Crippen LogP contribution in [0.3, 0.4) is 0 Å². The van der Waals surface area contributed by atoms with E-state index >= 15 is 0 Å². The molecule has 2 aromatic carbocycles. The Morgan fingerprint density at radius 3 is 2.32 bits per heavy atom. The van der Waals surface area contributed by atoms with Gasteiger partial charge in [-0.15, -0.1) is 0 Å². The number of nitrogens with one attached hydrogen (secondary N) is 1. The monoisotopic (exact) mass is 345 g/mol. The number of rotatable bonds is 4. The van der Waals surface area contributed by atoms with Gasteiger partial charge in [-0.05, 0) is 42.0 Å². The molecule has 2 rings (SSSR count). The Balaban J connectivity index is 2.11. The number of hydrogen-bond acceptors (Lipinski definition) is 3. The van der Waals surface area contributed by atoms with Crippen LogP contribution >= 0.6 is 11.6 Å². The predicted molar refractivity (Wildman–Crippen MR) is 77.9 cm³/mol. The second-order valence-electron chi connectivity index (χ2n) is 4.45. The van der Waals surface area contributed by atoms with Crippen molar-refractivity contribution in [2.24, 2.45) is 0 Å². The lowest BCUT2D eigenvalue weighted by Crippen LogP contribution is -2.31. The van der Waals surface area contributed by atoms with Gasteiger partial charge in [0, 0.05) is 5.56 Å². The minimum absolute atomic E-state index is 0.00717. The van der Waals surface area contributed by atoms with Crippen molar-refractivity contribution >= 4 is 27.5 Å². The lowest BCUT2D eigenvalue weighted by molar-refractivity contribution is 0.0981. The molecule has 22 heavy (non-hydrogen) atoms. The summed E-state index contributed by atoms with van der Waals surface area (Å²) in [5.74, 6) is -2.78. The number of amides is 1. The lowest BCUT2D eigenvalue weighted by Gasteiger charge is -2.07. The Hall–Kier alpha value is -1.99. The molecule has 0 atom stereocenters. The zero-order valence-corrected chi connectivity index (χ0v) is 12.6. The summed E-state index contributed by atoms with van der Waals surface area (Å²) in [5.41, 5.74) is 0.133. The first-order valence-corrected chi connectivity index (χ1v) is 8.04. The highest BCUT2D eigenvalue weighted by Gasteiger charge is 2.17. The number of sulfonamides is 1. The van der Waals surface area contributed by atoms with Crippen molar-refractivity contribution in [2.45, 2.75) is 5.75 Å². The first kappa shape index (κ1) is 16.4. The zero-order chi connectivity index (χ0) is 16.3. The molecule has 2 aromatic rings. The Morgan fingerprint density at radius 2 is 1.73 bits per heavy atom. The van der Waals surface area contributed by atoms with E-state index in [0.29, 0.717) is 0 Å². The highest BCUT2D eigenvalue weighted by molar-refractivity contribution is 7.89. The molecule has 4 nitrogen and oxygen atoms in total. The number of benzene rings is 2. The molecule has 0 aliphatic heterocycles. The first-order valence-electron chi connectivity index (χ1n) is 6.01. The van der Waals surface area contributed by atoms with Crippen LogP contribution in [0.2, 0.25) is 5.02 Å². The molecule has 0 saturated heterocycles. The molecule has 0 aliphatic rings. The number of hydrogen-bond donors (Lipinski definition) is 1. The van der Waals surface area contributed by atoms with E-state index < -0.39 is 33.3 Å². The van der Waals surface area contributed by atoms with Gasteiger partial charge in [0.05, 0.1) is 10.8 Å². The number of carbonyl (C=O) groups excluding carboxylic acids is 1. The van der Waals surface area contributed by atoms with E-state index in [9.17, 15) is 22.0 Å². The third kappa shape index (κ3) is 4.25. The lowest BCUT2D eigenvalue weighted by atomic mass is 10.2. The van der Waals surface area contributed by atoms with Crippen molar-refractivity contribution < 1.29 is 22.0 Å². The van der Waals surface area contributed by atoms with Gasteiger partial charge < -0.3 is 0 Å². The first-order chi connectivity index (χ1) is 10.3. The van der Waals surface area contributed by atoms with Crippen molar-refractivity contribution in [1.29, 1.82) is 0 Å². The second-order valence-corrected chi connectivity index (χ2v) is 6.58. The molecular weight excluding hydrogens is 336 g/mol. The molecule has 0 spiro atoms. The molecule has 1 amide bonds. The van der Waals surface area contributed by atoms with Crippen LogP contribution in [0.25, 0.3) is 0 Å². The molecule has 0 radical (unpaired) electrons. The van der Waals surface area contributed by atoms with Gasteiger partial charge in [-0.2, -0.15) is 0 Å². The molecule has 116 valence electrons. The topological polar surface area (TPSA) is 63.2 Å². The van der Waals surface area contributed by atoms with Gasteiger partial charge in [0.15, 0.2) is 0 Å². The minimum atomic E-state index is -4.02. The number of halogens is 3. The smallest absolute Gasteiger partial charge is 0.264 e. The summed E-state index contributed by atoms with van der Waals surface area (Å²) in [5, 5.41) is -0.128. The third-order valence-corrected chi connectivity index (χ3v) is 4.21. The van der Waals surface area contributed by atoms with E-state index in [1.165, 1.54) is 12.1 Å². The largest absolute Gasteiger partial charge is 0.268 e. The van der Waals surface area contributed by atoms with Crippen molar-refractivity contribution in [1.82, 2.24) is 4.72 Å². The van der Waals surface area contributed by atoms with Crippen molar-refractivity contribution in [3.63, 3.8) is 0 Å². The van der Waals surface area contributed by atoms with Crippen LogP contribution < -0.4 is 4.72 Å². The maximum Gasteiger partial charge on any atom is 0.264 e. The fourth-order valence-electron chi connectivity index (χ4n) is 1.69. The highest BCUT2D eigenvalue weighted by atomic mass is 35.5. The minimum Gasteiger partial charge on any atom is -0.268 e. The van der Waals surface area contributed by atoms with E-state index in [-0.39, 0.29) is 16.1 Å². The molecule has 0 heterocycles. The average Bonchev–Trinajstić information content (AvgIpc) is 2.42. The third-order valence-electron chi connectivity index (χ3n) is 2.70. The van der Waals surface area contributed by atoms with Gasteiger partial charge >= 0.3 is 0 Å². The molecule has 8 heteroatoms. The van der Waals surface area contributed by atoms with Gasteiger partial charge in [0.2, 0.25) is 10.0 Å². The zero-order valence-electron chi connectivity index (χ0n) is 11.0. The van der Waals surface area contributed by atoms with Crippen LogP contribution in [0.5, 0.6) is 0 Å². The van der Waals surface area contributed by atoms with Gasteiger partial charge in [-0.1, -0.05) is 17.7 Å². The van der Waals surface area contributed by atoms with Crippen LogP contribution in [-0.2, 0) is 15.8 Å². The van der Waals surface area contributed by atoms with E-state index in [4.69, 9.17) is 11.6 Å². The Kier molecular flexibility index (Phi) is 4.77. The molecule has 0 fully saturated rings. The van der Waals surface area contributed by atoms with Crippen molar-refractivity contribution in [2.75, 3.05) is 0 Å². The summed E-state index contributed by atoms with van der Waals surface area (Å²) in [6.07, 6.45) is 0. The van der Waals surface area contributed by atoms with Gasteiger partial charge in [-0.25, -0.2) is 21.9 Å². The van der Waals surface area contributed by atoms with E-state index in [1.54, 1.807) is 0 Å². The van der Waals surface area contributed by atoms with Crippen molar-refractivity contribution in [3.8, 4) is 0 Å². The second kappa shape index (κ2) is 6.41. The van der Waals surface area contributed by atoms with Crippen LogP contribution in [0.1, 0.15) is 15.9 Å². The quantitative estimate of drug-likeness (QED) is 0.926. The SMILES string of the molecule is O=C(NS(=O)(=O)Cc1ccc(Cl)c(F)c1)c1ccc(F)cc1. The fraction of sp³-hybridized carbons (Fsp3) is 0.0714. The maximum absolute atomic E-state index is 13.3. The Bertz CT molecular complexity index is 807. The average molecular weight is 346 g/mol. The summed E-state index contributed by atoms with van der Waals surface area (Å²) in [6.45, 7) is 0. The van der Waals surface area contributed by atoms with Gasteiger partial charge in [0.1, 0.15) is 11.6 Å². The molecule has 0 aliphatic carbocycles. The number of carbonyl (C=O) groups is 1. The fourth-order valence-corrected chi connectivity index (χ4v) is 2.89. The molecule has 0 saturated carbocycles. The van der Waals surface area contributed by atoms with Crippen LogP contribution in [-0.4, -0.2) is 14.3 Å². The van der Waals surface area contributed by atoms with Crippen LogP contribution in [0.4, 0.5) is 8.78 Å². The standard InChI is InChI=1S/C14H10ClF2NO3S/c15-12-6-1-9(7-13(12)17)8-22(20,21)18-14(19)10-2-4-11(16)5-3-10/h1-7H,8H2,(H,18,19).